The van der Waals surface area contributed by atoms with Gasteiger partial charge >= 0.3 is 5.97 Å². The highest BCUT2D eigenvalue weighted by Crippen LogP contribution is 2.38. The van der Waals surface area contributed by atoms with E-state index in [9.17, 15) is 19.5 Å². The summed E-state index contributed by atoms with van der Waals surface area (Å²) in [5, 5.41) is 25.9. The van der Waals surface area contributed by atoms with Gasteiger partial charge in [-0.3, -0.25) is 14.4 Å². The molecule has 2 heterocycles. The number of halogens is 1. The summed E-state index contributed by atoms with van der Waals surface area (Å²) in [7, 11) is 0. The number of nitrogens with one attached hydrogen (secondary N) is 1. The second-order valence-electron chi connectivity index (χ2n) is 8.75. The fraction of sp³-hybridized carbons (Fsp3) is 0.143. The van der Waals surface area contributed by atoms with Crippen LogP contribution in [-0.4, -0.2) is 37.8 Å². The number of carbonyl (C=O) groups excluding carboxylic acids is 1. The molecule has 1 unspecified atom stereocenters. The van der Waals surface area contributed by atoms with E-state index in [0.29, 0.717) is 27.7 Å². The van der Waals surface area contributed by atoms with Crippen LogP contribution < -0.4 is 5.56 Å². The molecule has 37 heavy (non-hydrogen) atoms. The van der Waals surface area contributed by atoms with Gasteiger partial charge in [-0.15, -0.1) is 0 Å². The number of carboxylic acid groups (broad SMARTS) is 1. The predicted molar refractivity (Wildman–Crippen MR) is 143 cm³/mol. The summed E-state index contributed by atoms with van der Waals surface area (Å²) in [5.74, 6) is -1.47. The van der Waals surface area contributed by atoms with Crippen molar-refractivity contribution in [3.05, 3.63) is 98.7 Å². The average Bonchev–Trinajstić information content (AvgIpc) is 3.32. The van der Waals surface area contributed by atoms with Gasteiger partial charge in [0.1, 0.15) is 5.75 Å². The maximum Gasteiger partial charge on any atom is 0.303 e. The highest BCUT2D eigenvalue weighted by atomic mass is 79.9. The topological polar surface area (TPSA) is 123 Å². The van der Waals surface area contributed by atoms with Gasteiger partial charge in [-0.25, -0.2) is 5.01 Å². The van der Waals surface area contributed by atoms with Crippen LogP contribution in [0.15, 0.2) is 87.2 Å². The number of rotatable bonds is 6. The number of nitrogens with zero attached hydrogens (tertiary/aromatic N) is 2. The van der Waals surface area contributed by atoms with Crippen molar-refractivity contribution in [2.75, 3.05) is 0 Å². The monoisotopic (exact) mass is 559 g/mol. The molecular weight excluding hydrogens is 538 g/mol. The number of phenolic OH excluding ortho intramolecular Hbond substituents is 1. The first kappa shape index (κ1) is 24.5. The van der Waals surface area contributed by atoms with E-state index in [1.807, 2.05) is 54.6 Å². The first-order valence-corrected chi connectivity index (χ1v) is 12.4. The Morgan fingerprint density at radius 2 is 1.78 bits per heavy atom. The minimum Gasteiger partial charge on any atom is -0.508 e. The number of fused-ring (bicyclic) bond motifs is 1. The second kappa shape index (κ2) is 10.0. The molecule has 1 aromatic heterocycles. The Hall–Kier alpha value is -4.24. The number of phenols is 1. The van der Waals surface area contributed by atoms with Gasteiger partial charge in [-0.05, 0) is 41.5 Å². The molecule has 0 saturated heterocycles. The van der Waals surface area contributed by atoms with E-state index >= 15 is 0 Å². The molecule has 0 bridgehead atoms. The first-order valence-electron chi connectivity index (χ1n) is 11.6. The lowest BCUT2D eigenvalue weighted by Gasteiger charge is -2.22. The van der Waals surface area contributed by atoms with Crippen LogP contribution in [0.5, 0.6) is 5.75 Å². The normalized spacial score (nSPS) is 15.1. The third-order valence-electron chi connectivity index (χ3n) is 6.30. The molecule has 0 fully saturated rings. The third-order valence-corrected chi connectivity index (χ3v) is 6.79. The highest BCUT2D eigenvalue weighted by molar-refractivity contribution is 9.10. The van der Waals surface area contributed by atoms with Crippen LogP contribution in [0, 0.1) is 0 Å². The molecule has 1 atom stereocenters. The second-order valence-corrected chi connectivity index (χ2v) is 9.67. The van der Waals surface area contributed by atoms with Gasteiger partial charge in [-0.1, -0.05) is 58.4 Å². The fourth-order valence-electron chi connectivity index (χ4n) is 4.65. The number of hydrogen-bond donors (Lipinski definition) is 3. The highest BCUT2D eigenvalue weighted by Gasteiger charge is 2.35. The van der Waals surface area contributed by atoms with E-state index in [4.69, 9.17) is 5.11 Å². The Morgan fingerprint density at radius 1 is 1.00 bits per heavy atom. The number of aromatic nitrogens is 1. The molecule has 1 aliphatic heterocycles. The number of aliphatic carboxylic acids is 1. The van der Waals surface area contributed by atoms with E-state index in [0.717, 1.165) is 15.6 Å². The number of hydrogen-bond acceptors (Lipinski definition) is 5. The molecule has 186 valence electrons. The van der Waals surface area contributed by atoms with Crippen LogP contribution in [0.4, 0.5) is 0 Å². The van der Waals surface area contributed by atoms with Crippen LogP contribution in [0.3, 0.4) is 0 Å². The van der Waals surface area contributed by atoms with Gasteiger partial charge in [-0.2, -0.15) is 5.10 Å². The lowest BCUT2D eigenvalue weighted by molar-refractivity contribution is -0.141. The Kier molecular flexibility index (Phi) is 6.62. The Balaban J connectivity index is 1.70. The quantitative estimate of drug-likeness (QED) is 0.299. The zero-order valence-corrected chi connectivity index (χ0v) is 21.1. The fourth-order valence-corrected chi connectivity index (χ4v) is 5.07. The van der Waals surface area contributed by atoms with Crippen LogP contribution in [0.2, 0.25) is 0 Å². The minimum absolute atomic E-state index is 0.0496. The zero-order valence-electron chi connectivity index (χ0n) is 19.5. The molecule has 0 saturated carbocycles. The van der Waals surface area contributed by atoms with Crippen LogP contribution >= 0.6 is 15.9 Å². The molecular formula is C28H22BrN3O5. The largest absolute Gasteiger partial charge is 0.508 e. The first-order chi connectivity index (χ1) is 17.8. The van der Waals surface area contributed by atoms with E-state index in [1.54, 1.807) is 12.1 Å². The van der Waals surface area contributed by atoms with Gasteiger partial charge in [0.05, 0.1) is 23.7 Å². The number of carboxylic acids is 1. The molecule has 0 spiro atoms. The third kappa shape index (κ3) is 4.90. The number of pyridine rings is 1. The Labute approximate surface area is 220 Å². The standard InChI is InChI=1S/C28H22BrN3O5/c29-18-8-4-7-17(13-18)23-15-22(31-32(23)24(34)11-12-25(35)36)27-26(16-5-2-1-3-6-16)20-14-19(33)9-10-21(20)30-28(27)37/h1-10,13-14,23,33H,11-12,15H2,(H,30,37)(H,35,36). The number of benzene rings is 3. The molecule has 1 amide bonds. The SMILES string of the molecule is O=C(O)CCC(=O)N1N=C(c2c(-c3ccccc3)c3cc(O)ccc3[nH]c2=O)CC1c1cccc(Br)c1. The van der Waals surface area contributed by atoms with Gasteiger partial charge in [0, 0.05) is 33.8 Å². The molecule has 3 N–H and O–H groups in total. The van der Waals surface area contributed by atoms with E-state index < -0.39 is 17.9 Å². The molecule has 5 rings (SSSR count). The number of aromatic amines is 1. The maximum atomic E-state index is 13.5. The molecule has 0 aliphatic carbocycles. The maximum absolute atomic E-state index is 13.5. The summed E-state index contributed by atoms with van der Waals surface area (Å²) < 4.78 is 0.820. The van der Waals surface area contributed by atoms with Gasteiger partial charge < -0.3 is 15.2 Å². The van der Waals surface area contributed by atoms with Gasteiger partial charge in [0.15, 0.2) is 0 Å². The molecule has 3 aromatic carbocycles. The van der Waals surface area contributed by atoms with Gasteiger partial charge in [0.2, 0.25) is 5.91 Å². The number of hydrazone groups is 1. The summed E-state index contributed by atoms with van der Waals surface area (Å²) in [4.78, 5) is 40.6. The van der Waals surface area contributed by atoms with E-state index in [-0.39, 0.29) is 30.6 Å². The lowest BCUT2D eigenvalue weighted by atomic mass is 9.91. The Bertz CT molecular complexity index is 1610. The van der Waals surface area contributed by atoms with Crippen molar-refractivity contribution in [1.82, 2.24) is 9.99 Å². The van der Waals surface area contributed by atoms with Crippen molar-refractivity contribution in [1.29, 1.82) is 0 Å². The minimum atomic E-state index is -1.08. The van der Waals surface area contributed by atoms with Gasteiger partial charge in [0.25, 0.3) is 5.56 Å². The number of H-pyrrole nitrogens is 1. The van der Waals surface area contributed by atoms with Crippen molar-refractivity contribution in [2.45, 2.75) is 25.3 Å². The summed E-state index contributed by atoms with van der Waals surface area (Å²) in [6.45, 7) is 0. The number of amides is 1. The predicted octanol–water partition coefficient (Wildman–Crippen LogP) is 5.21. The van der Waals surface area contributed by atoms with E-state index in [1.165, 1.54) is 11.1 Å². The van der Waals surface area contributed by atoms with Crippen molar-refractivity contribution in [2.24, 2.45) is 5.10 Å². The van der Waals surface area contributed by atoms with Crippen LogP contribution in [0.25, 0.3) is 22.0 Å². The van der Waals surface area contributed by atoms with Crippen molar-refractivity contribution in [3.63, 3.8) is 0 Å². The smallest absolute Gasteiger partial charge is 0.303 e. The van der Waals surface area contributed by atoms with Crippen molar-refractivity contribution in [3.8, 4) is 16.9 Å². The Morgan fingerprint density at radius 3 is 2.51 bits per heavy atom. The van der Waals surface area contributed by atoms with E-state index in [2.05, 4.69) is 26.0 Å². The molecule has 4 aromatic rings. The van der Waals surface area contributed by atoms with Crippen LogP contribution in [0.1, 0.15) is 36.4 Å². The molecule has 9 heteroatoms. The summed E-state index contributed by atoms with van der Waals surface area (Å²) >= 11 is 3.47. The summed E-state index contributed by atoms with van der Waals surface area (Å²) in [5.41, 5.74) is 3.05. The molecule has 0 radical (unpaired) electrons. The lowest BCUT2D eigenvalue weighted by Crippen LogP contribution is -2.27. The number of carbonyl (C=O) groups is 2. The number of aromatic hydroxyl groups is 1. The zero-order chi connectivity index (χ0) is 26.1. The molecule has 1 aliphatic rings. The van der Waals surface area contributed by atoms with Crippen molar-refractivity contribution >= 4 is 44.4 Å². The van der Waals surface area contributed by atoms with Crippen molar-refractivity contribution < 1.29 is 19.8 Å². The average molecular weight is 560 g/mol. The van der Waals surface area contributed by atoms with Crippen LogP contribution in [-0.2, 0) is 9.59 Å². The summed E-state index contributed by atoms with van der Waals surface area (Å²) in [6.07, 6.45) is -0.289. The molecule has 8 nitrogen and oxygen atoms in total. The summed E-state index contributed by atoms with van der Waals surface area (Å²) in [6, 6.07) is 21.0.